The average molecular weight is 266 g/mol. The van der Waals surface area contributed by atoms with Crippen LogP contribution in [0.1, 0.15) is 6.92 Å². The molecule has 94 valence electrons. The number of halogens is 1. The molecule has 18 heavy (non-hydrogen) atoms. The van der Waals surface area contributed by atoms with Gasteiger partial charge in [-0.05, 0) is 19.1 Å². The average Bonchev–Trinajstić information content (AvgIpc) is 2.33. The van der Waals surface area contributed by atoms with Gasteiger partial charge >= 0.3 is 5.97 Å². The summed E-state index contributed by atoms with van der Waals surface area (Å²) in [6.07, 6.45) is 1.55. The number of carbonyl (C=O) groups is 1. The van der Waals surface area contributed by atoms with Crippen molar-refractivity contribution in [3.63, 3.8) is 0 Å². The molecule has 0 spiro atoms. The first-order valence-electron chi connectivity index (χ1n) is 5.56. The highest BCUT2D eigenvalue weighted by Crippen LogP contribution is 2.20. The molecule has 5 heteroatoms. The van der Waals surface area contributed by atoms with Crippen molar-refractivity contribution in [2.45, 2.75) is 13.5 Å². The topological polar surface area (TPSA) is 48.3 Å². The minimum absolute atomic E-state index is 0.0361. The van der Waals surface area contributed by atoms with Crippen LogP contribution in [0.5, 0.6) is 0 Å². The number of nitrogens with zero attached hydrogens (tertiary/aromatic N) is 1. The van der Waals surface area contributed by atoms with Gasteiger partial charge in [0.1, 0.15) is 6.54 Å². The summed E-state index contributed by atoms with van der Waals surface area (Å²) in [5.41, 5.74) is 0.437. The lowest BCUT2D eigenvalue weighted by Gasteiger charge is -2.11. The molecule has 1 aromatic heterocycles. The van der Waals surface area contributed by atoms with E-state index >= 15 is 0 Å². The maximum Gasteiger partial charge on any atom is 0.325 e. The van der Waals surface area contributed by atoms with Gasteiger partial charge in [0, 0.05) is 17.6 Å². The van der Waals surface area contributed by atoms with Crippen molar-refractivity contribution in [2.75, 3.05) is 6.61 Å². The smallest absolute Gasteiger partial charge is 0.325 e. The number of para-hydroxylation sites is 1. The van der Waals surface area contributed by atoms with E-state index in [-0.39, 0.29) is 17.9 Å². The summed E-state index contributed by atoms with van der Waals surface area (Å²) in [6, 6.07) is 6.49. The number of pyridine rings is 1. The summed E-state index contributed by atoms with van der Waals surface area (Å²) in [4.78, 5) is 23.2. The summed E-state index contributed by atoms with van der Waals surface area (Å²) in [5, 5.41) is 0.934. The molecule has 0 aliphatic heterocycles. The molecule has 0 aliphatic rings. The third-order valence-corrected chi connectivity index (χ3v) is 2.86. The van der Waals surface area contributed by atoms with E-state index in [4.69, 9.17) is 16.3 Å². The van der Waals surface area contributed by atoms with Crippen molar-refractivity contribution in [1.29, 1.82) is 0 Å². The second-order valence-corrected chi connectivity index (χ2v) is 4.16. The zero-order chi connectivity index (χ0) is 13.1. The highest BCUT2D eigenvalue weighted by atomic mass is 35.5. The standard InChI is InChI=1S/C13H12ClNO3/c1-2-18-12(17)8-15-7-6-11(16)9-4-3-5-10(14)13(9)15/h3-7H,2,8H2,1H3. The lowest BCUT2D eigenvalue weighted by atomic mass is 10.2. The van der Waals surface area contributed by atoms with Crippen LogP contribution in [0, 0.1) is 0 Å². The van der Waals surface area contributed by atoms with E-state index in [9.17, 15) is 9.59 Å². The maximum atomic E-state index is 11.7. The van der Waals surface area contributed by atoms with E-state index in [1.807, 2.05) is 0 Å². The first-order chi connectivity index (χ1) is 8.63. The second kappa shape index (κ2) is 5.23. The number of aromatic nitrogens is 1. The van der Waals surface area contributed by atoms with Gasteiger partial charge in [0.25, 0.3) is 0 Å². The number of fused-ring (bicyclic) bond motifs is 1. The normalized spacial score (nSPS) is 10.6. The summed E-state index contributed by atoms with van der Waals surface area (Å²) in [6.45, 7) is 2.10. The van der Waals surface area contributed by atoms with Gasteiger partial charge in [-0.25, -0.2) is 0 Å². The van der Waals surface area contributed by atoms with Crippen molar-refractivity contribution >= 4 is 28.5 Å². The quantitative estimate of drug-likeness (QED) is 0.800. The zero-order valence-corrected chi connectivity index (χ0v) is 10.6. The molecular weight excluding hydrogens is 254 g/mol. The molecule has 0 N–H and O–H groups in total. The van der Waals surface area contributed by atoms with Gasteiger partial charge in [0.2, 0.25) is 0 Å². The molecule has 0 fully saturated rings. The zero-order valence-electron chi connectivity index (χ0n) is 9.85. The Bertz CT molecular complexity index is 648. The number of benzene rings is 1. The lowest BCUT2D eigenvalue weighted by molar-refractivity contribution is -0.143. The molecule has 0 amide bonds. The van der Waals surface area contributed by atoms with E-state index in [2.05, 4.69) is 0 Å². The maximum absolute atomic E-state index is 11.7. The fraction of sp³-hybridized carbons (Fsp3) is 0.231. The summed E-state index contributed by atoms with van der Waals surface area (Å²) < 4.78 is 6.51. The molecule has 0 aliphatic carbocycles. The van der Waals surface area contributed by atoms with Crippen LogP contribution in [-0.2, 0) is 16.1 Å². The van der Waals surface area contributed by atoms with E-state index in [0.29, 0.717) is 22.5 Å². The Morgan fingerprint density at radius 3 is 2.89 bits per heavy atom. The number of carbonyl (C=O) groups excluding carboxylic acids is 1. The van der Waals surface area contributed by atoms with Gasteiger partial charge in [-0.3, -0.25) is 9.59 Å². The Morgan fingerprint density at radius 2 is 2.17 bits per heavy atom. The first-order valence-corrected chi connectivity index (χ1v) is 5.94. The molecule has 0 radical (unpaired) electrons. The summed E-state index contributed by atoms with van der Waals surface area (Å²) >= 11 is 6.08. The van der Waals surface area contributed by atoms with Gasteiger partial charge in [-0.2, -0.15) is 0 Å². The van der Waals surface area contributed by atoms with Crippen molar-refractivity contribution in [3.8, 4) is 0 Å². The van der Waals surface area contributed by atoms with E-state index in [0.717, 1.165) is 0 Å². The van der Waals surface area contributed by atoms with Crippen LogP contribution >= 0.6 is 11.6 Å². The van der Waals surface area contributed by atoms with Crippen LogP contribution < -0.4 is 5.43 Å². The predicted octanol–water partition coefficient (Wildman–Crippen LogP) is 2.22. The Kier molecular flexibility index (Phi) is 3.67. The van der Waals surface area contributed by atoms with E-state index < -0.39 is 0 Å². The molecule has 1 aromatic carbocycles. The molecule has 0 unspecified atom stereocenters. The first kappa shape index (κ1) is 12.6. The minimum atomic E-state index is -0.359. The van der Waals surface area contributed by atoms with Gasteiger partial charge in [0.05, 0.1) is 17.1 Å². The van der Waals surface area contributed by atoms with Crippen LogP contribution in [0.25, 0.3) is 10.9 Å². The SMILES string of the molecule is CCOC(=O)Cn1ccc(=O)c2cccc(Cl)c21. The molecular formula is C13H12ClNO3. The predicted molar refractivity (Wildman–Crippen MR) is 69.9 cm³/mol. The third-order valence-electron chi connectivity index (χ3n) is 2.55. The van der Waals surface area contributed by atoms with Crippen molar-refractivity contribution < 1.29 is 9.53 Å². The van der Waals surface area contributed by atoms with Crippen molar-refractivity contribution in [3.05, 3.63) is 45.7 Å². The minimum Gasteiger partial charge on any atom is -0.465 e. The van der Waals surface area contributed by atoms with Crippen LogP contribution in [0.2, 0.25) is 5.02 Å². The highest BCUT2D eigenvalue weighted by Gasteiger charge is 2.09. The second-order valence-electron chi connectivity index (χ2n) is 3.75. The third kappa shape index (κ3) is 2.38. The molecule has 1 heterocycles. The number of esters is 1. The number of hydrogen-bond acceptors (Lipinski definition) is 3. The van der Waals surface area contributed by atoms with Crippen LogP contribution in [0.3, 0.4) is 0 Å². The molecule has 4 nitrogen and oxygen atoms in total. The largest absolute Gasteiger partial charge is 0.465 e. The van der Waals surface area contributed by atoms with Crippen LogP contribution in [0.15, 0.2) is 35.3 Å². The number of rotatable bonds is 3. The number of ether oxygens (including phenoxy) is 1. The fourth-order valence-electron chi connectivity index (χ4n) is 1.81. The molecule has 0 atom stereocenters. The Hall–Kier alpha value is -1.81. The van der Waals surface area contributed by atoms with Crippen molar-refractivity contribution in [2.24, 2.45) is 0 Å². The van der Waals surface area contributed by atoms with Gasteiger partial charge in [-0.15, -0.1) is 0 Å². The van der Waals surface area contributed by atoms with Crippen LogP contribution in [0.4, 0.5) is 0 Å². The molecule has 0 saturated carbocycles. The van der Waals surface area contributed by atoms with E-state index in [1.165, 1.54) is 6.07 Å². The fourth-order valence-corrected chi connectivity index (χ4v) is 2.09. The lowest BCUT2D eigenvalue weighted by Crippen LogP contribution is -2.16. The number of hydrogen-bond donors (Lipinski definition) is 0. The molecule has 2 aromatic rings. The molecule has 0 bridgehead atoms. The van der Waals surface area contributed by atoms with Crippen molar-refractivity contribution in [1.82, 2.24) is 4.57 Å². The van der Waals surface area contributed by atoms with Gasteiger partial charge < -0.3 is 9.30 Å². The van der Waals surface area contributed by atoms with E-state index in [1.54, 1.807) is 35.9 Å². The van der Waals surface area contributed by atoms with Gasteiger partial charge in [0.15, 0.2) is 5.43 Å². The summed E-state index contributed by atoms with van der Waals surface area (Å²) in [7, 11) is 0. The van der Waals surface area contributed by atoms with Gasteiger partial charge in [-0.1, -0.05) is 17.7 Å². The molecule has 0 saturated heterocycles. The Morgan fingerprint density at radius 1 is 1.39 bits per heavy atom. The monoisotopic (exact) mass is 265 g/mol. The highest BCUT2D eigenvalue weighted by molar-refractivity contribution is 6.35. The molecule has 2 rings (SSSR count). The Balaban J connectivity index is 2.55. The van der Waals surface area contributed by atoms with Crippen LogP contribution in [-0.4, -0.2) is 17.1 Å². The Labute approximate surface area is 109 Å². The summed E-state index contributed by atoms with van der Waals surface area (Å²) in [5.74, 6) is -0.359.